The summed E-state index contributed by atoms with van der Waals surface area (Å²) in [5, 5.41) is 8.78. The van der Waals surface area contributed by atoms with Gasteiger partial charge in [0.25, 0.3) is 0 Å². The molecular weight excluding hydrogens is 282 g/mol. The normalized spacial score (nSPS) is 24.6. The fraction of sp³-hybridized carbons (Fsp3) is 0.700. The van der Waals surface area contributed by atoms with Crippen LogP contribution in [0.3, 0.4) is 0 Å². The first kappa shape index (κ1) is 15.8. The number of carbonyl (C=O) groups excluding carboxylic acids is 1. The van der Waals surface area contributed by atoms with Crippen LogP contribution in [0.5, 0.6) is 0 Å². The largest absolute Gasteiger partial charge is 0.452 e. The third-order valence-corrected chi connectivity index (χ3v) is 2.72. The molecule has 0 radical (unpaired) electrons. The van der Waals surface area contributed by atoms with Crippen molar-refractivity contribution in [3.8, 4) is 0 Å². The Morgan fingerprint density at radius 3 is 2.00 bits per heavy atom. The lowest BCUT2D eigenvalue weighted by atomic mass is 10.0. The average Bonchev–Trinajstić information content (AvgIpc) is 2.59. The van der Waals surface area contributed by atoms with Gasteiger partial charge in [0, 0.05) is 0 Å². The number of rotatable bonds is 2. The van der Waals surface area contributed by atoms with E-state index < -0.39 is 29.5 Å². The van der Waals surface area contributed by atoms with E-state index >= 15 is 0 Å². The van der Waals surface area contributed by atoms with Gasteiger partial charge in [-0.3, -0.25) is 0 Å². The second-order valence-electron chi connectivity index (χ2n) is 4.35. The Kier molecular flexibility index (Phi) is 3.66. The van der Waals surface area contributed by atoms with Gasteiger partial charge in [-0.2, -0.15) is 26.3 Å². The van der Waals surface area contributed by atoms with Crippen LogP contribution in [0.15, 0.2) is 12.2 Å². The number of halogens is 6. The molecule has 1 atom stereocenters. The van der Waals surface area contributed by atoms with Crippen LogP contribution in [0.2, 0.25) is 0 Å². The van der Waals surface area contributed by atoms with Crippen LogP contribution in [0.25, 0.3) is 0 Å². The summed E-state index contributed by atoms with van der Waals surface area (Å²) < 4.78 is 78.4. The molecule has 1 unspecified atom stereocenters. The minimum atomic E-state index is -6.22. The van der Waals surface area contributed by atoms with Gasteiger partial charge < -0.3 is 9.84 Å². The van der Waals surface area contributed by atoms with Crippen LogP contribution >= 0.6 is 0 Å². The van der Waals surface area contributed by atoms with Crippen LogP contribution < -0.4 is 0 Å². The van der Waals surface area contributed by atoms with E-state index in [1.807, 2.05) is 0 Å². The Morgan fingerprint density at radius 1 is 1.21 bits per heavy atom. The molecule has 0 aromatic rings. The van der Waals surface area contributed by atoms with Crippen molar-refractivity contribution in [1.29, 1.82) is 0 Å². The Balaban J connectivity index is 3.07. The van der Waals surface area contributed by atoms with Crippen LogP contribution in [0.1, 0.15) is 19.8 Å². The van der Waals surface area contributed by atoms with E-state index in [-0.39, 0.29) is 6.42 Å². The standard InChI is InChI=1S/C10H10F6O3/c1-7(4-2-3-5-7)19-6(17)8(18,9(11,12)13)10(14,15)16/h2,4,18H,3,5H2,1H3. The van der Waals surface area contributed by atoms with Crippen LogP contribution in [0, 0.1) is 0 Å². The SMILES string of the molecule is CC1(OC(=O)C(O)(C(F)(F)F)C(F)(F)F)C=CCC1. The van der Waals surface area contributed by atoms with E-state index in [0.29, 0.717) is 6.42 Å². The molecule has 1 N–H and O–H groups in total. The molecular formula is C10H10F6O3. The molecule has 0 aliphatic heterocycles. The molecule has 0 bridgehead atoms. The Bertz CT molecular complexity index is 383. The molecule has 1 aliphatic carbocycles. The van der Waals surface area contributed by atoms with Crippen LogP contribution in [-0.4, -0.2) is 34.6 Å². The summed E-state index contributed by atoms with van der Waals surface area (Å²) in [6, 6.07) is 0. The molecule has 1 aliphatic rings. The first-order valence-corrected chi connectivity index (χ1v) is 5.10. The zero-order valence-electron chi connectivity index (χ0n) is 9.60. The zero-order valence-corrected chi connectivity index (χ0v) is 9.60. The minimum Gasteiger partial charge on any atom is -0.452 e. The van der Waals surface area contributed by atoms with Gasteiger partial charge in [-0.15, -0.1) is 0 Å². The molecule has 0 fully saturated rings. The summed E-state index contributed by atoms with van der Waals surface area (Å²) in [7, 11) is 0. The fourth-order valence-corrected chi connectivity index (χ4v) is 1.55. The molecule has 0 amide bonds. The average molecular weight is 292 g/mol. The van der Waals surface area contributed by atoms with E-state index in [0.717, 1.165) is 6.92 Å². The Hall–Kier alpha value is -1.25. The van der Waals surface area contributed by atoms with Gasteiger partial charge in [0.15, 0.2) is 0 Å². The summed E-state index contributed by atoms with van der Waals surface area (Å²) in [4.78, 5) is 11.2. The van der Waals surface area contributed by atoms with Gasteiger partial charge in [0.2, 0.25) is 0 Å². The highest BCUT2D eigenvalue weighted by atomic mass is 19.4. The Labute approximate surface area is 103 Å². The fourth-order valence-electron chi connectivity index (χ4n) is 1.55. The van der Waals surface area contributed by atoms with Gasteiger partial charge in [0.1, 0.15) is 5.60 Å². The molecule has 19 heavy (non-hydrogen) atoms. The molecule has 0 saturated carbocycles. The zero-order chi connectivity index (χ0) is 15.1. The van der Waals surface area contributed by atoms with Gasteiger partial charge in [-0.1, -0.05) is 6.08 Å². The Morgan fingerprint density at radius 2 is 1.68 bits per heavy atom. The smallest absolute Gasteiger partial charge is 0.437 e. The number of allylic oxidation sites excluding steroid dienone is 1. The van der Waals surface area contributed by atoms with Crippen molar-refractivity contribution in [2.75, 3.05) is 0 Å². The summed E-state index contributed by atoms with van der Waals surface area (Å²) in [5.74, 6) is -2.78. The lowest BCUT2D eigenvalue weighted by molar-refractivity contribution is -0.358. The quantitative estimate of drug-likeness (QED) is 0.483. The molecule has 0 saturated heterocycles. The summed E-state index contributed by atoms with van der Waals surface area (Å²) in [6.07, 6.45) is -9.42. The number of hydrogen-bond donors (Lipinski definition) is 1. The van der Waals surface area contributed by atoms with Crippen molar-refractivity contribution in [2.45, 2.75) is 43.3 Å². The maximum absolute atomic E-state index is 12.4. The minimum absolute atomic E-state index is 0.0462. The molecule has 110 valence electrons. The molecule has 0 aromatic carbocycles. The van der Waals surface area contributed by atoms with Gasteiger partial charge in [-0.05, 0) is 25.8 Å². The molecule has 0 spiro atoms. The highest BCUT2D eigenvalue weighted by Gasteiger charge is 2.77. The van der Waals surface area contributed by atoms with Crippen LogP contribution in [-0.2, 0) is 9.53 Å². The maximum Gasteiger partial charge on any atom is 0.437 e. The van der Waals surface area contributed by atoms with Gasteiger partial charge >= 0.3 is 23.9 Å². The first-order valence-electron chi connectivity index (χ1n) is 5.10. The number of carbonyl (C=O) groups is 1. The molecule has 0 aromatic heterocycles. The van der Waals surface area contributed by atoms with E-state index in [1.54, 1.807) is 0 Å². The van der Waals surface area contributed by atoms with Crippen molar-refractivity contribution in [3.05, 3.63) is 12.2 Å². The van der Waals surface area contributed by atoms with Crippen molar-refractivity contribution in [3.63, 3.8) is 0 Å². The molecule has 9 heteroatoms. The van der Waals surface area contributed by atoms with Crippen molar-refractivity contribution in [1.82, 2.24) is 0 Å². The molecule has 0 heterocycles. The van der Waals surface area contributed by atoms with Crippen LogP contribution in [0.4, 0.5) is 26.3 Å². The second-order valence-corrected chi connectivity index (χ2v) is 4.35. The van der Waals surface area contributed by atoms with Crippen molar-refractivity contribution >= 4 is 5.97 Å². The second kappa shape index (κ2) is 4.39. The van der Waals surface area contributed by atoms with E-state index in [9.17, 15) is 31.1 Å². The number of esters is 1. The highest BCUT2D eigenvalue weighted by molar-refractivity contribution is 5.82. The van der Waals surface area contributed by atoms with E-state index in [2.05, 4.69) is 4.74 Å². The number of aliphatic hydroxyl groups is 1. The maximum atomic E-state index is 12.4. The number of alkyl halides is 6. The van der Waals surface area contributed by atoms with E-state index in [1.165, 1.54) is 12.2 Å². The lowest BCUT2D eigenvalue weighted by Gasteiger charge is -2.33. The number of ether oxygens (including phenoxy) is 1. The monoisotopic (exact) mass is 292 g/mol. The highest BCUT2D eigenvalue weighted by Crippen LogP contribution is 2.45. The summed E-state index contributed by atoms with van der Waals surface area (Å²) in [6.45, 7) is 1.15. The lowest BCUT2D eigenvalue weighted by Crippen LogP contribution is -2.63. The number of hydrogen-bond acceptors (Lipinski definition) is 3. The van der Waals surface area contributed by atoms with Crippen molar-refractivity contribution in [2.24, 2.45) is 0 Å². The first-order chi connectivity index (χ1) is 8.33. The topological polar surface area (TPSA) is 46.5 Å². The van der Waals surface area contributed by atoms with Crippen molar-refractivity contribution < 1.29 is 41.0 Å². The molecule has 3 nitrogen and oxygen atoms in total. The third kappa shape index (κ3) is 2.70. The molecule has 1 rings (SSSR count). The van der Waals surface area contributed by atoms with Gasteiger partial charge in [0.05, 0.1) is 0 Å². The summed E-state index contributed by atoms with van der Waals surface area (Å²) >= 11 is 0. The van der Waals surface area contributed by atoms with E-state index in [4.69, 9.17) is 5.11 Å². The third-order valence-electron chi connectivity index (χ3n) is 2.72. The van der Waals surface area contributed by atoms with Gasteiger partial charge in [-0.25, -0.2) is 4.79 Å². The predicted molar refractivity (Wildman–Crippen MR) is 49.9 cm³/mol. The predicted octanol–water partition coefficient (Wildman–Crippen LogP) is 2.49. The summed E-state index contributed by atoms with van der Waals surface area (Å²) in [5.41, 5.74) is -7.11.